The van der Waals surface area contributed by atoms with Gasteiger partial charge in [-0.3, -0.25) is 0 Å². The molecule has 0 aromatic carbocycles. The Labute approximate surface area is 64.0 Å². The van der Waals surface area contributed by atoms with Crippen molar-refractivity contribution in [2.75, 3.05) is 20.1 Å². The monoisotopic (exact) mass is 136 g/mol. The van der Waals surface area contributed by atoms with Crippen LogP contribution in [0.2, 0.25) is 12.6 Å². The smallest absolute Gasteiger partial charge is 0.110 e. The molecule has 2 saturated heterocycles. The first-order valence-corrected chi connectivity index (χ1v) is 4.31. The normalized spacial score (nSPS) is 31.3. The van der Waals surface area contributed by atoms with Crippen LogP contribution in [0.3, 0.4) is 0 Å². The molecule has 1 radical (unpaired) electrons. The van der Waals surface area contributed by atoms with Gasteiger partial charge in [0.15, 0.2) is 0 Å². The molecular formula is C8H15BN. The fourth-order valence-electron chi connectivity index (χ4n) is 2.34. The van der Waals surface area contributed by atoms with Gasteiger partial charge in [-0.25, -0.2) is 0 Å². The second-order valence-electron chi connectivity index (χ2n) is 4.04. The van der Waals surface area contributed by atoms with Crippen LogP contribution in [0, 0.1) is 5.41 Å². The quantitative estimate of drug-likeness (QED) is 0.453. The molecule has 0 atom stereocenters. The van der Waals surface area contributed by atoms with Gasteiger partial charge in [0.05, 0.1) is 0 Å². The summed E-state index contributed by atoms with van der Waals surface area (Å²) in [6.07, 6.45) is 5.67. The molecule has 2 aliphatic heterocycles. The summed E-state index contributed by atoms with van der Waals surface area (Å²) in [5, 5.41) is 0. The minimum atomic E-state index is 0.743. The van der Waals surface area contributed by atoms with E-state index in [4.69, 9.17) is 0 Å². The van der Waals surface area contributed by atoms with Crippen molar-refractivity contribution in [1.29, 1.82) is 0 Å². The van der Waals surface area contributed by atoms with E-state index in [2.05, 4.69) is 19.2 Å². The molecule has 2 fully saturated rings. The van der Waals surface area contributed by atoms with Gasteiger partial charge in [0.1, 0.15) is 7.28 Å². The lowest BCUT2D eigenvalue weighted by Crippen LogP contribution is -2.47. The molecule has 0 saturated carbocycles. The third kappa shape index (κ3) is 0.988. The van der Waals surface area contributed by atoms with Crippen LogP contribution >= 0.6 is 0 Å². The summed E-state index contributed by atoms with van der Waals surface area (Å²) < 4.78 is 0. The minimum Gasteiger partial charge on any atom is -0.306 e. The van der Waals surface area contributed by atoms with Gasteiger partial charge in [0.2, 0.25) is 0 Å². The van der Waals surface area contributed by atoms with E-state index in [0.29, 0.717) is 0 Å². The van der Waals surface area contributed by atoms with Crippen molar-refractivity contribution in [2.24, 2.45) is 5.41 Å². The van der Waals surface area contributed by atoms with Gasteiger partial charge < -0.3 is 4.90 Å². The summed E-state index contributed by atoms with van der Waals surface area (Å²) in [7, 11) is 4.68. The maximum Gasteiger partial charge on any atom is 0.110 e. The first-order valence-electron chi connectivity index (χ1n) is 4.31. The van der Waals surface area contributed by atoms with Crippen molar-refractivity contribution in [3.8, 4) is 0 Å². The number of nitrogens with zero attached hydrogens (tertiary/aromatic N) is 1. The molecule has 2 rings (SSSR count). The molecule has 0 aromatic heterocycles. The molecule has 0 aliphatic carbocycles. The Bertz CT molecular complexity index is 131. The third-order valence-corrected chi connectivity index (χ3v) is 3.01. The summed E-state index contributed by atoms with van der Waals surface area (Å²) >= 11 is 0. The average Bonchev–Trinajstić information content (AvgIpc) is 1.85. The first-order chi connectivity index (χ1) is 4.81. The van der Waals surface area contributed by atoms with Crippen molar-refractivity contribution in [3.05, 3.63) is 0 Å². The van der Waals surface area contributed by atoms with Gasteiger partial charge in [0, 0.05) is 6.54 Å². The Balaban J connectivity index is 1.96. The Morgan fingerprint density at radius 1 is 1.40 bits per heavy atom. The van der Waals surface area contributed by atoms with Crippen LogP contribution in [0.25, 0.3) is 0 Å². The standard InChI is InChI=1S/C8H15BN/c1-10-4-2-3-8(7-10)5-9-6-8/h2-7H2,1H3. The molecule has 10 heavy (non-hydrogen) atoms. The Morgan fingerprint density at radius 2 is 2.20 bits per heavy atom. The van der Waals surface area contributed by atoms with Crippen molar-refractivity contribution in [2.45, 2.75) is 25.5 Å². The van der Waals surface area contributed by atoms with Gasteiger partial charge in [0.25, 0.3) is 0 Å². The van der Waals surface area contributed by atoms with Crippen LogP contribution < -0.4 is 0 Å². The molecule has 2 aliphatic rings. The Hall–Kier alpha value is 0.0249. The van der Waals surface area contributed by atoms with Crippen LogP contribution in [0.4, 0.5) is 0 Å². The highest BCUT2D eigenvalue weighted by Crippen LogP contribution is 2.44. The Kier molecular flexibility index (Phi) is 1.52. The number of hydrogen-bond donors (Lipinski definition) is 0. The zero-order valence-electron chi connectivity index (χ0n) is 6.77. The lowest BCUT2D eigenvalue weighted by Gasteiger charge is -2.48. The van der Waals surface area contributed by atoms with E-state index >= 15 is 0 Å². The SMILES string of the molecule is CN1CCCC2(C[B]C2)C1. The fraction of sp³-hybridized carbons (Fsp3) is 1.00. The van der Waals surface area contributed by atoms with E-state index in [0.717, 1.165) is 5.41 Å². The van der Waals surface area contributed by atoms with E-state index in [1.807, 2.05) is 0 Å². The number of rotatable bonds is 0. The molecule has 55 valence electrons. The molecule has 0 unspecified atom stereocenters. The van der Waals surface area contributed by atoms with Crippen molar-refractivity contribution >= 4 is 7.28 Å². The summed E-state index contributed by atoms with van der Waals surface area (Å²) in [6, 6.07) is 0. The van der Waals surface area contributed by atoms with Gasteiger partial charge in [-0.2, -0.15) is 0 Å². The zero-order chi connectivity index (χ0) is 7.03. The van der Waals surface area contributed by atoms with E-state index in [1.54, 1.807) is 0 Å². The molecule has 0 bridgehead atoms. The molecule has 2 heterocycles. The summed E-state index contributed by atoms with van der Waals surface area (Å²) in [6.45, 7) is 2.67. The lowest BCUT2D eigenvalue weighted by atomic mass is 9.41. The van der Waals surface area contributed by atoms with Crippen LogP contribution in [0.15, 0.2) is 0 Å². The second-order valence-corrected chi connectivity index (χ2v) is 4.04. The maximum absolute atomic E-state index is 2.48. The number of likely N-dealkylation sites (tertiary alicyclic amines) is 1. The average molecular weight is 136 g/mol. The van der Waals surface area contributed by atoms with Crippen LogP contribution in [-0.4, -0.2) is 32.3 Å². The topological polar surface area (TPSA) is 3.24 Å². The molecule has 0 aromatic rings. The molecule has 1 spiro atoms. The number of hydrogen-bond acceptors (Lipinski definition) is 1. The summed E-state index contributed by atoms with van der Waals surface area (Å²) in [5.74, 6) is 0. The fourth-order valence-corrected chi connectivity index (χ4v) is 2.34. The van der Waals surface area contributed by atoms with Gasteiger partial charge in [-0.1, -0.05) is 12.6 Å². The molecule has 1 nitrogen and oxygen atoms in total. The zero-order valence-corrected chi connectivity index (χ0v) is 6.77. The lowest BCUT2D eigenvalue weighted by molar-refractivity contribution is 0.128. The predicted molar refractivity (Wildman–Crippen MR) is 44.5 cm³/mol. The molecule has 0 amide bonds. The van der Waals surface area contributed by atoms with Gasteiger partial charge in [-0.05, 0) is 31.8 Å². The van der Waals surface area contributed by atoms with Crippen molar-refractivity contribution in [3.63, 3.8) is 0 Å². The highest BCUT2D eigenvalue weighted by Gasteiger charge is 2.39. The van der Waals surface area contributed by atoms with Crippen LogP contribution in [0.5, 0.6) is 0 Å². The summed E-state index contributed by atoms with van der Waals surface area (Å²) in [5.41, 5.74) is 0.743. The van der Waals surface area contributed by atoms with E-state index in [1.165, 1.54) is 38.6 Å². The molecule has 0 N–H and O–H groups in total. The van der Waals surface area contributed by atoms with Crippen molar-refractivity contribution < 1.29 is 0 Å². The van der Waals surface area contributed by atoms with E-state index in [-0.39, 0.29) is 0 Å². The number of piperidine rings is 1. The minimum absolute atomic E-state index is 0.743. The maximum atomic E-state index is 2.48. The van der Waals surface area contributed by atoms with Gasteiger partial charge >= 0.3 is 0 Å². The highest BCUT2D eigenvalue weighted by atomic mass is 15.1. The van der Waals surface area contributed by atoms with Crippen molar-refractivity contribution in [1.82, 2.24) is 4.90 Å². The van der Waals surface area contributed by atoms with Crippen LogP contribution in [0.1, 0.15) is 12.8 Å². The second kappa shape index (κ2) is 2.26. The largest absolute Gasteiger partial charge is 0.306 e. The molecule has 2 heteroatoms. The first kappa shape index (κ1) is 6.72. The van der Waals surface area contributed by atoms with E-state index in [9.17, 15) is 0 Å². The Morgan fingerprint density at radius 3 is 2.60 bits per heavy atom. The molecular weight excluding hydrogens is 121 g/mol. The third-order valence-electron chi connectivity index (χ3n) is 3.01. The van der Waals surface area contributed by atoms with E-state index < -0.39 is 0 Å². The summed E-state index contributed by atoms with van der Waals surface area (Å²) in [4.78, 5) is 2.48. The van der Waals surface area contributed by atoms with Crippen LogP contribution in [-0.2, 0) is 0 Å². The predicted octanol–water partition coefficient (Wildman–Crippen LogP) is 1.25. The highest BCUT2D eigenvalue weighted by molar-refractivity contribution is 6.40. The van der Waals surface area contributed by atoms with Gasteiger partial charge in [-0.15, -0.1) is 0 Å².